The number of ether oxygens (including phenoxy) is 2. The molecule has 186 valence electrons. The highest BCUT2D eigenvalue weighted by Gasteiger charge is 2.32. The maximum Gasteiger partial charge on any atom is 0.408 e. The molecule has 36 heavy (non-hydrogen) atoms. The Balaban J connectivity index is 1.58. The predicted molar refractivity (Wildman–Crippen MR) is 117 cm³/mol. The second-order valence-corrected chi connectivity index (χ2v) is 7.64. The van der Waals surface area contributed by atoms with Crippen LogP contribution in [0, 0.1) is 29.1 Å². The van der Waals surface area contributed by atoms with Crippen LogP contribution in [-0.4, -0.2) is 23.1 Å². The Bertz CT molecular complexity index is 1400. The summed E-state index contributed by atoms with van der Waals surface area (Å²) in [6, 6.07) is 13.9. The second-order valence-electron chi connectivity index (χ2n) is 7.64. The van der Waals surface area contributed by atoms with Crippen LogP contribution in [0.5, 0.6) is 5.75 Å². The van der Waals surface area contributed by atoms with Crippen LogP contribution in [0.1, 0.15) is 11.1 Å². The summed E-state index contributed by atoms with van der Waals surface area (Å²) in [5, 5.41) is 2.91. The number of aromatic amines is 1. The normalized spacial score (nSPS) is 11.8. The van der Waals surface area contributed by atoms with Crippen LogP contribution in [0.25, 0.3) is 10.9 Å². The SMILES string of the molecule is O=C(N[C@H](Cc1c[nH]c2ccccc12)C(=O)Oc1c(F)c(F)c(F)c(F)c1F)OCc1ccccc1. The fraction of sp³-hybridized carbons (Fsp3) is 0.120. The number of nitrogens with one attached hydrogen (secondary N) is 2. The number of aromatic nitrogens is 1. The number of esters is 1. The summed E-state index contributed by atoms with van der Waals surface area (Å²) in [5.74, 6) is -14.8. The number of rotatable bonds is 7. The summed E-state index contributed by atoms with van der Waals surface area (Å²) in [5.41, 5.74) is 1.85. The molecule has 4 rings (SSSR count). The molecule has 0 saturated heterocycles. The number of amides is 1. The Labute approximate surface area is 200 Å². The molecule has 0 unspecified atom stereocenters. The van der Waals surface area contributed by atoms with Gasteiger partial charge in [-0.15, -0.1) is 0 Å². The highest BCUT2D eigenvalue weighted by atomic mass is 19.2. The van der Waals surface area contributed by atoms with E-state index in [1.54, 1.807) is 60.8 Å². The third-order valence-corrected chi connectivity index (χ3v) is 5.26. The molecule has 0 aliphatic rings. The van der Waals surface area contributed by atoms with Gasteiger partial charge in [0.2, 0.25) is 34.8 Å². The highest BCUT2D eigenvalue weighted by Crippen LogP contribution is 2.29. The molecule has 0 aliphatic heterocycles. The van der Waals surface area contributed by atoms with Gasteiger partial charge in [0, 0.05) is 23.5 Å². The van der Waals surface area contributed by atoms with Crippen LogP contribution >= 0.6 is 0 Å². The van der Waals surface area contributed by atoms with E-state index in [9.17, 15) is 31.5 Å². The van der Waals surface area contributed by atoms with Gasteiger partial charge < -0.3 is 19.8 Å². The molecule has 4 aromatic rings. The van der Waals surface area contributed by atoms with Crippen LogP contribution in [0.3, 0.4) is 0 Å². The number of para-hydroxylation sites is 1. The molecule has 0 saturated carbocycles. The monoisotopic (exact) mass is 504 g/mol. The lowest BCUT2D eigenvalue weighted by atomic mass is 10.1. The zero-order valence-corrected chi connectivity index (χ0v) is 18.3. The van der Waals surface area contributed by atoms with Crippen molar-refractivity contribution < 1.29 is 41.0 Å². The summed E-state index contributed by atoms with van der Waals surface area (Å²) < 4.78 is 78.2. The first-order valence-corrected chi connectivity index (χ1v) is 10.5. The smallest absolute Gasteiger partial charge is 0.408 e. The van der Waals surface area contributed by atoms with E-state index in [1.807, 2.05) is 0 Å². The van der Waals surface area contributed by atoms with Gasteiger partial charge in [-0.25, -0.2) is 22.8 Å². The molecular weight excluding hydrogens is 487 g/mol. The number of carbonyl (C=O) groups is 2. The van der Waals surface area contributed by atoms with Gasteiger partial charge >= 0.3 is 12.1 Å². The van der Waals surface area contributed by atoms with Gasteiger partial charge in [0.15, 0.2) is 0 Å². The summed E-state index contributed by atoms with van der Waals surface area (Å²) in [6.45, 7) is -0.154. The molecule has 0 spiro atoms. The lowest BCUT2D eigenvalue weighted by Gasteiger charge is -2.18. The first-order valence-electron chi connectivity index (χ1n) is 10.5. The minimum Gasteiger partial charge on any atom is -0.445 e. The standard InChI is InChI=1S/C25H17F5N2O4/c26-18-19(27)21(29)23(22(30)20(18)28)36-24(33)17(10-14-11-31-16-9-5-4-8-15(14)16)32-25(34)35-12-13-6-2-1-3-7-13/h1-9,11,17,31H,10,12H2,(H,32,34)/t17-/m1/s1. The summed E-state index contributed by atoms with van der Waals surface area (Å²) >= 11 is 0. The van der Waals surface area contributed by atoms with E-state index in [-0.39, 0.29) is 13.0 Å². The van der Waals surface area contributed by atoms with Gasteiger partial charge in [-0.2, -0.15) is 8.78 Å². The molecule has 11 heteroatoms. The number of hydrogen-bond acceptors (Lipinski definition) is 4. The summed E-state index contributed by atoms with van der Waals surface area (Å²) in [7, 11) is 0. The van der Waals surface area contributed by atoms with Crippen molar-refractivity contribution in [1.82, 2.24) is 10.3 Å². The first kappa shape index (κ1) is 24.7. The lowest BCUT2D eigenvalue weighted by molar-refractivity contribution is -0.137. The van der Waals surface area contributed by atoms with Crippen molar-refractivity contribution >= 4 is 23.0 Å². The van der Waals surface area contributed by atoms with E-state index in [2.05, 4.69) is 15.0 Å². The Kier molecular flexibility index (Phi) is 7.18. The van der Waals surface area contributed by atoms with Gasteiger partial charge in [-0.3, -0.25) is 0 Å². The van der Waals surface area contributed by atoms with Gasteiger partial charge in [0.1, 0.15) is 12.6 Å². The van der Waals surface area contributed by atoms with Gasteiger partial charge in [-0.05, 0) is 17.2 Å². The van der Waals surface area contributed by atoms with Crippen molar-refractivity contribution in [2.24, 2.45) is 0 Å². The fourth-order valence-corrected chi connectivity index (χ4v) is 3.47. The third-order valence-electron chi connectivity index (χ3n) is 5.26. The van der Waals surface area contributed by atoms with E-state index >= 15 is 0 Å². The zero-order valence-electron chi connectivity index (χ0n) is 18.3. The number of fused-ring (bicyclic) bond motifs is 1. The van der Waals surface area contributed by atoms with E-state index in [1.165, 1.54) is 0 Å². The number of benzene rings is 3. The van der Waals surface area contributed by atoms with Crippen molar-refractivity contribution in [3.8, 4) is 5.75 Å². The molecule has 6 nitrogen and oxygen atoms in total. The van der Waals surface area contributed by atoms with Crippen LogP contribution in [0.2, 0.25) is 0 Å². The largest absolute Gasteiger partial charge is 0.445 e. The van der Waals surface area contributed by atoms with Crippen molar-refractivity contribution in [2.45, 2.75) is 19.1 Å². The van der Waals surface area contributed by atoms with Crippen LogP contribution in [-0.2, 0) is 22.6 Å². The minimum absolute atomic E-state index is 0.154. The van der Waals surface area contributed by atoms with Crippen molar-refractivity contribution in [2.75, 3.05) is 0 Å². The van der Waals surface area contributed by atoms with Crippen LogP contribution in [0.15, 0.2) is 60.8 Å². The number of H-pyrrole nitrogens is 1. The molecule has 0 radical (unpaired) electrons. The first-order chi connectivity index (χ1) is 17.3. The summed E-state index contributed by atoms with van der Waals surface area (Å²) in [6.07, 6.45) is 0.219. The van der Waals surface area contributed by atoms with Crippen molar-refractivity contribution in [3.05, 3.63) is 101 Å². The lowest BCUT2D eigenvalue weighted by Crippen LogP contribution is -2.45. The Morgan fingerprint density at radius 2 is 1.44 bits per heavy atom. The molecule has 0 bridgehead atoms. The quantitative estimate of drug-likeness (QED) is 0.118. The minimum atomic E-state index is -2.40. The molecule has 0 aliphatic carbocycles. The highest BCUT2D eigenvalue weighted by molar-refractivity contribution is 5.86. The number of alkyl carbamates (subject to hydrolysis) is 1. The topological polar surface area (TPSA) is 80.4 Å². The van der Waals surface area contributed by atoms with Gasteiger partial charge in [0.05, 0.1) is 0 Å². The van der Waals surface area contributed by atoms with Crippen LogP contribution < -0.4 is 10.1 Å². The molecule has 1 aromatic heterocycles. The van der Waals surface area contributed by atoms with Crippen LogP contribution in [0.4, 0.5) is 26.7 Å². The van der Waals surface area contributed by atoms with Gasteiger partial charge in [-0.1, -0.05) is 48.5 Å². The molecular formula is C25H17F5N2O4. The van der Waals surface area contributed by atoms with Crippen molar-refractivity contribution in [1.29, 1.82) is 0 Å². The fourth-order valence-electron chi connectivity index (χ4n) is 3.47. The Morgan fingerprint density at radius 1 is 0.833 bits per heavy atom. The molecule has 1 heterocycles. The van der Waals surface area contributed by atoms with Crippen molar-refractivity contribution in [3.63, 3.8) is 0 Å². The maximum absolute atomic E-state index is 14.1. The molecule has 3 aromatic carbocycles. The molecule has 1 amide bonds. The number of hydrogen-bond donors (Lipinski definition) is 2. The molecule has 1 atom stereocenters. The van der Waals surface area contributed by atoms with Gasteiger partial charge in [0.25, 0.3) is 0 Å². The zero-order chi connectivity index (χ0) is 25.8. The Morgan fingerprint density at radius 3 is 2.14 bits per heavy atom. The molecule has 2 N–H and O–H groups in total. The number of carbonyl (C=O) groups excluding carboxylic acids is 2. The van der Waals surface area contributed by atoms with E-state index in [0.29, 0.717) is 22.0 Å². The maximum atomic E-state index is 14.1. The molecule has 0 fully saturated rings. The predicted octanol–water partition coefficient (Wildman–Crippen LogP) is 5.31. The average molecular weight is 504 g/mol. The Hall–Kier alpha value is -4.41. The van der Waals surface area contributed by atoms with E-state index in [4.69, 9.17) is 4.74 Å². The number of halogens is 5. The van der Waals surface area contributed by atoms with E-state index in [0.717, 1.165) is 0 Å². The summed E-state index contributed by atoms with van der Waals surface area (Å²) in [4.78, 5) is 28.2. The third kappa shape index (κ3) is 5.14. The second kappa shape index (κ2) is 10.5. The average Bonchev–Trinajstić information content (AvgIpc) is 3.30. The van der Waals surface area contributed by atoms with E-state index < -0.39 is 52.9 Å².